The summed E-state index contributed by atoms with van der Waals surface area (Å²) in [6, 6.07) is 6.05. The van der Waals surface area contributed by atoms with Crippen LogP contribution in [0.1, 0.15) is 12.2 Å². The minimum absolute atomic E-state index is 0.824. The van der Waals surface area contributed by atoms with Gasteiger partial charge in [-0.2, -0.15) is 0 Å². The maximum atomic E-state index is 5.37. The molecule has 94 valence electrons. The lowest BCUT2D eigenvalue weighted by Crippen LogP contribution is -1.98. The van der Waals surface area contributed by atoms with E-state index in [0.29, 0.717) is 0 Å². The zero-order chi connectivity index (χ0) is 12.5. The molecule has 0 unspecified atom stereocenters. The van der Waals surface area contributed by atoms with E-state index < -0.39 is 0 Å². The minimum Gasteiger partial charge on any atom is -0.495 e. The molecule has 5 nitrogen and oxygen atoms in total. The average molecular weight is 244 g/mol. The molecule has 1 aliphatic rings. The van der Waals surface area contributed by atoms with Crippen molar-refractivity contribution in [2.24, 2.45) is 0 Å². The molecule has 0 spiro atoms. The summed E-state index contributed by atoms with van der Waals surface area (Å²) >= 11 is 0. The van der Waals surface area contributed by atoms with Crippen molar-refractivity contribution in [1.29, 1.82) is 0 Å². The molecule has 1 aliphatic heterocycles. The topological polar surface area (TPSA) is 52.0 Å². The second-order valence-corrected chi connectivity index (χ2v) is 4.36. The van der Waals surface area contributed by atoms with Crippen molar-refractivity contribution in [1.82, 2.24) is 14.8 Å². The van der Waals surface area contributed by atoms with Gasteiger partial charge in [0.1, 0.15) is 11.6 Å². The van der Waals surface area contributed by atoms with Crippen LogP contribution in [0, 0.1) is 0 Å². The van der Waals surface area contributed by atoms with Gasteiger partial charge < -0.3 is 14.6 Å². The number of methoxy groups -OCH3 is 1. The SMILES string of the molecule is CNc1ccc(-c2nnc3n2CCC3)cc1OC. The predicted molar refractivity (Wildman–Crippen MR) is 69.9 cm³/mol. The lowest BCUT2D eigenvalue weighted by atomic mass is 10.1. The van der Waals surface area contributed by atoms with E-state index in [1.165, 1.54) is 0 Å². The molecule has 1 N–H and O–H groups in total. The Morgan fingerprint density at radius 2 is 2.22 bits per heavy atom. The van der Waals surface area contributed by atoms with Crippen LogP contribution in [0.15, 0.2) is 18.2 Å². The summed E-state index contributed by atoms with van der Waals surface area (Å²) in [5.74, 6) is 2.84. The molecule has 0 saturated carbocycles. The molecule has 0 fully saturated rings. The summed E-state index contributed by atoms with van der Waals surface area (Å²) < 4.78 is 7.56. The summed E-state index contributed by atoms with van der Waals surface area (Å²) in [5.41, 5.74) is 2.02. The lowest BCUT2D eigenvalue weighted by Gasteiger charge is -2.10. The van der Waals surface area contributed by atoms with E-state index >= 15 is 0 Å². The zero-order valence-corrected chi connectivity index (χ0v) is 10.6. The van der Waals surface area contributed by atoms with E-state index in [-0.39, 0.29) is 0 Å². The van der Waals surface area contributed by atoms with Crippen LogP contribution in [-0.2, 0) is 13.0 Å². The van der Waals surface area contributed by atoms with Crippen LogP contribution in [0.4, 0.5) is 5.69 Å². The fraction of sp³-hybridized carbons (Fsp3) is 0.385. The molecule has 2 aromatic rings. The number of aryl methyl sites for hydroxylation is 1. The molecule has 0 radical (unpaired) electrons. The highest BCUT2D eigenvalue weighted by molar-refractivity contribution is 5.67. The number of nitrogens with zero attached hydrogens (tertiary/aromatic N) is 3. The standard InChI is InChI=1S/C13H16N4O/c1-14-10-6-5-9(8-11(10)18-2)13-16-15-12-4-3-7-17(12)13/h5-6,8,14H,3-4,7H2,1-2H3. The zero-order valence-electron chi connectivity index (χ0n) is 10.6. The molecule has 2 heterocycles. The normalized spacial score (nSPS) is 13.4. The lowest BCUT2D eigenvalue weighted by molar-refractivity contribution is 0.417. The first-order valence-electron chi connectivity index (χ1n) is 6.11. The van der Waals surface area contributed by atoms with Crippen molar-refractivity contribution in [3.05, 3.63) is 24.0 Å². The quantitative estimate of drug-likeness (QED) is 0.896. The highest BCUT2D eigenvalue weighted by atomic mass is 16.5. The molecular formula is C13H16N4O. The van der Waals surface area contributed by atoms with Gasteiger partial charge in [0, 0.05) is 25.6 Å². The van der Waals surface area contributed by atoms with Gasteiger partial charge in [-0.25, -0.2) is 0 Å². The first kappa shape index (κ1) is 11.1. The first-order chi connectivity index (χ1) is 8.83. The van der Waals surface area contributed by atoms with Gasteiger partial charge in [0.2, 0.25) is 0 Å². The smallest absolute Gasteiger partial charge is 0.164 e. The average Bonchev–Trinajstić information content (AvgIpc) is 3.00. The van der Waals surface area contributed by atoms with E-state index in [9.17, 15) is 0 Å². The molecule has 0 bridgehead atoms. The number of aromatic nitrogens is 3. The van der Waals surface area contributed by atoms with Gasteiger partial charge in [0.15, 0.2) is 5.82 Å². The van der Waals surface area contributed by atoms with Crippen molar-refractivity contribution in [2.45, 2.75) is 19.4 Å². The molecular weight excluding hydrogens is 228 g/mol. The van der Waals surface area contributed by atoms with Crippen LogP contribution < -0.4 is 10.1 Å². The predicted octanol–water partition coefficient (Wildman–Crippen LogP) is 1.94. The second-order valence-electron chi connectivity index (χ2n) is 4.36. The Morgan fingerprint density at radius 1 is 1.33 bits per heavy atom. The van der Waals surface area contributed by atoms with Gasteiger partial charge in [0.25, 0.3) is 0 Å². The summed E-state index contributed by atoms with van der Waals surface area (Å²) in [6.45, 7) is 1.01. The Balaban J connectivity index is 2.06. The maximum absolute atomic E-state index is 5.37. The Labute approximate surface area is 106 Å². The van der Waals surface area contributed by atoms with Crippen LogP contribution in [0.25, 0.3) is 11.4 Å². The monoisotopic (exact) mass is 244 g/mol. The molecule has 1 aromatic heterocycles. The fourth-order valence-corrected chi connectivity index (χ4v) is 2.40. The van der Waals surface area contributed by atoms with Crippen molar-refractivity contribution in [3.63, 3.8) is 0 Å². The first-order valence-corrected chi connectivity index (χ1v) is 6.11. The van der Waals surface area contributed by atoms with Crippen LogP contribution in [0.3, 0.4) is 0 Å². The Morgan fingerprint density at radius 3 is 3.00 bits per heavy atom. The molecule has 5 heteroatoms. The second kappa shape index (κ2) is 4.33. The summed E-state index contributed by atoms with van der Waals surface area (Å²) in [6.07, 6.45) is 2.18. The molecule has 1 aromatic carbocycles. The number of nitrogens with one attached hydrogen (secondary N) is 1. The molecule has 0 saturated heterocycles. The van der Waals surface area contributed by atoms with Gasteiger partial charge in [-0.15, -0.1) is 10.2 Å². The number of hydrogen-bond donors (Lipinski definition) is 1. The molecule has 0 amide bonds. The minimum atomic E-state index is 0.824. The third-order valence-electron chi connectivity index (χ3n) is 3.34. The van der Waals surface area contributed by atoms with Gasteiger partial charge in [-0.05, 0) is 24.6 Å². The van der Waals surface area contributed by atoms with Crippen LogP contribution in [0.5, 0.6) is 5.75 Å². The Hall–Kier alpha value is -2.04. The highest BCUT2D eigenvalue weighted by Crippen LogP contribution is 2.31. The van der Waals surface area contributed by atoms with E-state index in [1.807, 2.05) is 25.2 Å². The van der Waals surface area contributed by atoms with Crippen molar-refractivity contribution < 1.29 is 4.74 Å². The van der Waals surface area contributed by atoms with Crippen LogP contribution >= 0.6 is 0 Å². The van der Waals surface area contributed by atoms with E-state index in [1.54, 1.807) is 7.11 Å². The number of benzene rings is 1. The van der Waals surface area contributed by atoms with Crippen molar-refractivity contribution in [2.75, 3.05) is 19.5 Å². The number of ether oxygens (including phenoxy) is 1. The summed E-state index contributed by atoms with van der Waals surface area (Å²) in [5, 5.41) is 11.6. The summed E-state index contributed by atoms with van der Waals surface area (Å²) in [4.78, 5) is 0. The van der Waals surface area contributed by atoms with E-state index in [0.717, 1.165) is 48.0 Å². The number of hydrogen-bond acceptors (Lipinski definition) is 4. The Bertz CT molecular complexity index is 576. The molecule has 0 aliphatic carbocycles. The van der Waals surface area contributed by atoms with Crippen molar-refractivity contribution in [3.8, 4) is 17.1 Å². The fourth-order valence-electron chi connectivity index (χ4n) is 2.40. The summed E-state index contributed by atoms with van der Waals surface area (Å²) in [7, 11) is 3.56. The number of fused-ring (bicyclic) bond motifs is 1. The van der Waals surface area contributed by atoms with Gasteiger partial charge in [0.05, 0.1) is 12.8 Å². The van der Waals surface area contributed by atoms with Gasteiger partial charge >= 0.3 is 0 Å². The number of rotatable bonds is 3. The highest BCUT2D eigenvalue weighted by Gasteiger charge is 2.19. The van der Waals surface area contributed by atoms with E-state index in [4.69, 9.17) is 4.74 Å². The molecule has 18 heavy (non-hydrogen) atoms. The van der Waals surface area contributed by atoms with Crippen molar-refractivity contribution >= 4 is 5.69 Å². The van der Waals surface area contributed by atoms with Crippen LogP contribution in [0.2, 0.25) is 0 Å². The van der Waals surface area contributed by atoms with Gasteiger partial charge in [-0.1, -0.05) is 0 Å². The van der Waals surface area contributed by atoms with E-state index in [2.05, 4.69) is 20.1 Å². The number of anilines is 1. The molecule has 3 rings (SSSR count). The van der Waals surface area contributed by atoms with Crippen LogP contribution in [-0.4, -0.2) is 28.9 Å². The maximum Gasteiger partial charge on any atom is 0.164 e. The largest absolute Gasteiger partial charge is 0.495 e. The third-order valence-corrected chi connectivity index (χ3v) is 3.34. The Kier molecular flexibility index (Phi) is 2.66. The molecule has 0 atom stereocenters. The third kappa shape index (κ3) is 1.63. The van der Waals surface area contributed by atoms with Gasteiger partial charge in [-0.3, -0.25) is 0 Å².